The lowest BCUT2D eigenvalue weighted by Crippen LogP contribution is -2.54. The van der Waals surface area contributed by atoms with Crippen LogP contribution < -0.4 is 5.73 Å². The predicted molar refractivity (Wildman–Crippen MR) is 70.1 cm³/mol. The molecular formula is C12H20N2O3S. The molecule has 1 amide bonds. The van der Waals surface area contributed by atoms with Crippen molar-refractivity contribution in [2.45, 2.75) is 50.6 Å². The molecule has 1 heterocycles. The van der Waals surface area contributed by atoms with Crippen LogP contribution in [0, 0.1) is 5.41 Å². The molecule has 0 spiro atoms. The van der Waals surface area contributed by atoms with Crippen LogP contribution in [0.1, 0.15) is 33.1 Å². The molecule has 2 aliphatic rings. The summed E-state index contributed by atoms with van der Waals surface area (Å²) in [5.74, 6) is -0.541. The van der Waals surface area contributed by atoms with E-state index in [2.05, 4.69) is 0 Å². The number of amides is 1. The van der Waals surface area contributed by atoms with E-state index in [-0.39, 0.29) is 17.3 Å². The number of nitrogens with two attached hydrogens (primary N) is 1. The third kappa shape index (κ3) is 2.01. The van der Waals surface area contributed by atoms with Crippen molar-refractivity contribution in [3.8, 4) is 0 Å². The molecule has 1 aliphatic heterocycles. The zero-order valence-electron chi connectivity index (χ0n) is 10.8. The fraction of sp³-hybridized carbons (Fsp3) is 0.833. The minimum atomic E-state index is -0.921. The molecule has 0 aromatic rings. The first-order chi connectivity index (χ1) is 8.38. The highest BCUT2D eigenvalue weighted by atomic mass is 32.2. The van der Waals surface area contributed by atoms with E-state index in [0.717, 1.165) is 19.3 Å². The standard InChI is InChI=1S/C12H20N2O3S/c1-7-14(8(6-18-7)10(15)16)11(17)12(2)5-3-4-9(12)13/h7-9H,3-6,13H2,1-2H3,(H,15,16). The second-order valence-electron chi connectivity index (χ2n) is 5.42. The molecule has 5 nitrogen and oxygen atoms in total. The number of thioether (sulfide) groups is 1. The van der Waals surface area contributed by atoms with Gasteiger partial charge in [-0.2, -0.15) is 0 Å². The van der Waals surface area contributed by atoms with Crippen molar-refractivity contribution in [3.05, 3.63) is 0 Å². The van der Waals surface area contributed by atoms with E-state index in [9.17, 15) is 14.7 Å². The molecule has 102 valence electrons. The van der Waals surface area contributed by atoms with Gasteiger partial charge in [0, 0.05) is 11.8 Å². The van der Waals surface area contributed by atoms with Crippen molar-refractivity contribution < 1.29 is 14.7 Å². The summed E-state index contributed by atoms with van der Waals surface area (Å²) >= 11 is 1.51. The van der Waals surface area contributed by atoms with Gasteiger partial charge in [0.2, 0.25) is 5.91 Å². The van der Waals surface area contributed by atoms with Gasteiger partial charge in [-0.3, -0.25) is 4.79 Å². The molecule has 18 heavy (non-hydrogen) atoms. The summed E-state index contributed by atoms with van der Waals surface area (Å²) in [4.78, 5) is 25.4. The number of carboxylic acids is 1. The Labute approximate surface area is 111 Å². The molecule has 1 aliphatic carbocycles. The quantitative estimate of drug-likeness (QED) is 0.779. The van der Waals surface area contributed by atoms with Crippen LogP contribution in [0.25, 0.3) is 0 Å². The third-order valence-electron chi connectivity index (χ3n) is 4.26. The summed E-state index contributed by atoms with van der Waals surface area (Å²) < 4.78 is 0. The van der Waals surface area contributed by atoms with Gasteiger partial charge in [-0.1, -0.05) is 6.42 Å². The molecule has 6 heteroatoms. The number of carbonyl (C=O) groups excluding carboxylic acids is 1. The predicted octanol–water partition coefficient (Wildman–Crippen LogP) is 0.878. The first-order valence-electron chi connectivity index (χ1n) is 6.30. The van der Waals surface area contributed by atoms with Crippen LogP contribution in [0.2, 0.25) is 0 Å². The number of hydrogen-bond acceptors (Lipinski definition) is 4. The van der Waals surface area contributed by atoms with Crippen LogP contribution >= 0.6 is 11.8 Å². The maximum atomic E-state index is 12.7. The zero-order valence-corrected chi connectivity index (χ0v) is 11.6. The molecule has 4 atom stereocenters. The second-order valence-corrected chi connectivity index (χ2v) is 6.76. The van der Waals surface area contributed by atoms with Gasteiger partial charge >= 0.3 is 5.97 Å². The Hall–Kier alpha value is -0.750. The summed E-state index contributed by atoms with van der Waals surface area (Å²) in [6, 6.07) is -0.862. The van der Waals surface area contributed by atoms with E-state index >= 15 is 0 Å². The van der Waals surface area contributed by atoms with Gasteiger partial charge in [0.25, 0.3) is 0 Å². The van der Waals surface area contributed by atoms with Crippen molar-refractivity contribution in [3.63, 3.8) is 0 Å². The molecule has 0 aromatic carbocycles. The lowest BCUT2D eigenvalue weighted by atomic mass is 9.83. The molecule has 0 bridgehead atoms. The average molecular weight is 272 g/mol. The third-order valence-corrected chi connectivity index (χ3v) is 5.48. The van der Waals surface area contributed by atoms with Crippen molar-refractivity contribution in [2.24, 2.45) is 11.1 Å². The van der Waals surface area contributed by atoms with E-state index in [1.807, 2.05) is 13.8 Å². The molecule has 2 fully saturated rings. The van der Waals surface area contributed by atoms with Gasteiger partial charge in [0.05, 0.1) is 10.8 Å². The number of rotatable bonds is 2. The van der Waals surface area contributed by atoms with E-state index in [1.165, 1.54) is 16.7 Å². The van der Waals surface area contributed by atoms with Crippen LogP contribution in [0.15, 0.2) is 0 Å². The zero-order chi connectivity index (χ0) is 13.5. The van der Waals surface area contributed by atoms with E-state index in [4.69, 9.17) is 5.73 Å². The van der Waals surface area contributed by atoms with E-state index in [1.54, 1.807) is 0 Å². The Kier molecular flexibility index (Phi) is 3.60. The van der Waals surface area contributed by atoms with Crippen molar-refractivity contribution in [1.82, 2.24) is 4.90 Å². The molecule has 4 unspecified atom stereocenters. The fourth-order valence-electron chi connectivity index (χ4n) is 2.89. The Balaban J connectivity index is 2.24. The van der Waals surface area contributed by atoms with Crippen LogP contribution in [-0.2, 0) is 9.59 Å². The highest BCUT2D eigenvalue weighted by Gasteiger charge is 2.50. The van der Waals surface area contributed by atoms with Gasteiger partial charge in [0.1, 0.15) is 6.04 Å². The number of aliphatic carboxylic acids is 1. The van der Waals surface area contributed by atoms with Crippen LogP contribution in [-0.4, -0.2) is 45.1 Å². The summed E-state index contributed by atoms with van der Waals surface area (Å²) in [5, 5.41) is 9.12. The molecule has 0 aromatic heterocycles. The maximum Gasteiger partial charge on any atom is 0.327 e. The average Bonchev–Trinajstić information content (AvgIpc) is 2.83. The van der Waals surface area contributed by atoms with Gasteiger partial charge in [-0.05, 0) is 26.7 Å². The Morgan fingerprint density at radius 3 is 2.67 bits per heavy atom. The van der Waals surface area contributed by atoms with Crippen molar-refractivity contribution in [1.29, 1.82) is 0 Å². The minimum Gasteiger partial charge on any atom is -0.480 e. The highest BCUT2D eigenvalue weighted by Crippen LogP contribution is 2.41. The van der Waals surface area contributed by atoms with Gasteiger partial charge in [-0.15, -0.1) is 11.8 Å². The fourth-order valence-corrected chi connectivity index (χ4v) is 4.06. The largest absolute Gasteiger partial charge is 0.480 e. The van der Waals surface area contributed by atoms with E-state index < -0.39 is 17.4 Å². The summed E-state index contributed by atoms with van der Waals surface area (Å²) in [6.07, 6.45) is 2.54. The molecule has 1 saturated carbocycles. The molecule has 2 rings (SSSR count). The molecule has 3 N–H and O–H groups in total. The van der Waals surface area contributed by atoms with Crippen molar-refractivity contribution in [2.75, 3.05) is 5.75 Å². The number of hydrogen-bond donors (Lipinski definition) is 2. The van der Waals surface area contributed by atoms with Gasteiger partial charge in [0.15, 0.2) is 0 Å². The van der Waals surface area contributed by atoms with Crippen molar-refractivity contribution >= 4 is 23.6 Å². The minimum absolute atomic E-state index is 0.0803. The summed E-state index contributed by atoms with van der Waals surface area (Å²) in [7, 11) is 0. The monoisotopic (exact) mass is 272 g/mol. The number of carbonyl (C=O) groups is 2. The Morgan fingerprint density at radius 1 is 1.50 bits per heavy atom. The molecule has 1 saturated heterocycles. The lowest BCUT2D eigenvalue weighted by molar-refractivity contribution is -0.154. The Morgan fingerprint density at radius 2 is 2.17 bits per heavy atom. The molecule has 0 radical (unpaired) electrons. The van der Waals surface area contributed by atoms with E-state index in [0.29, 0.717) is 5.75 Å². The Bertz CT molecular complexity index is 376. The second kappa shape index (κ2) is 4.74. The topological polar surface area (TPSA) is 83.6 Å². The maximum absolute atomic E-state index is 12.7. The summed E-state index contributed by atoms with van der Waals surface area (Å²) in [5.41, 5.74) is 5.46. The van der Waals surface area contributed by atoms with Crippen LogP contribution in [0.4, 0.5) is 0 Å². The van der Waals surface area contributed by atoms with Gasteiger partial charge < -0.3 is 15.7 Å². The normalized spacial score (nSPS) is 40.2. The van der Waals surface area contributed by atoms with Crippen LogP contribution in [0.5, 0.6) is 0 Å². The van der Waals surface area contributed by atoms with Gasteiger partial charge in [-0.25, -0.2) is 4.79 Å². The number of nitrogens with zero attached hydrogens (tertiary/aromatic N) is 1. The SMILES string of the molecule is CC1SCC(C(=O)O)N1C(=O)C1(C)CCCC1N. The first-order valence-corrected chi connectivity index (χ1v) is 7.35. The summed E-state index contributed by atoms with van der Waals surface area (Å²) in [6.45, 7) is 3.76. The highest BCUT2D eigenvalue weighted by molar-refractivity contribution is 8.00. The lowest BCUT2D eigenvalue weighted by Gasteiger charge is -2.36. The van der Waals surface area contributed by atoms with Crippen LogP contribution in [0.3, 0.4) is 0 Å². The smallest absolute Gasteiger partial charge is 0.327 e. The molecular weight excluding hydrogens is 252 g/mol. The first kappa shape index (κ1) is 13.7. The number of carboxylic acid groups (broad SMARTS) is 1.